The maximum absolute atomic E-state index is 10.8. The molecule has 2 unspecified atom stereocenters. The van der Waals surface area contributed by atoms with Gasteiger partial charge in [0.2, 0.25) is 0 Å². The SMILES string of the molecule is COC(=O)C(Cl)SC(Cl)C(=O)OC. The summed E-state index contributed by atoms with van der Waals surface area (Å²) in [6.07, 6.45) is 0. The fourth-order valence-corrected chi connectivity index (χ4v) is 1.98. The van der Waals surface area contributed by atoms with Gasteiger partial charge in [-0.1, -0.05) is 35.0 Å². The molecule has 0 aliphatic rings. The molecule has 0 aliphatic heterocycles. The second-order valence-corrected chi connectivity index (χ2v) is 4.42. The summed E-state index contributed by atoms with van der Waals surface area (Å²) < 4.78 is 6.63. The Kier molecular flexibility index (Phi) is 6.28. The van der Waals surface area contributed by atoms with Crippen molar-refractivity contribution in [1.82, 2.24) is 0 Å². The van der Waals surface area contributed by atoms with Crippen LogP contribution in [0.3, 0.4) is 0 Å². The Balaban J connectivity index is 3.98. The molecule has 0 amide bonds. The molecule has 13 heavy (non-hydrogen) atoms. The van der Waals surface area contributed by atoms with Crippen LogP contribution < -0.4 is 0 Å². The van der Waals surface area contributed by atoms with E-state index in [-0.39, 0.29) is 0 Å². The number of esters is 2. The number of carbonyl (C=O) groups is 2. The molecule has 4 nitrogen and oxygen atoms in total. The summed E-state index contributed by atoms with van der Waals surface area (Å²) in [6, 6.07) is 0. The van der Waals surface area contributed by atoms with Crippen molar-refractivity contribution >= 4 is 46.9 Å². The molecule has 0 saturated heterocycles. The summed E-state index contributed by atoms with van der Waals surface area (Å²) in [5.41, 5.74) is 0. The lowest BCUT2D eigenvalue weighted by Gasteiger charge is -2.09. The van der Waals surface area contributed by atoms with Crippen LogP contribution in [0.5, 0.6) is 0 Å². The van der Waals surface area contributed by atoms with Crippen molar-refractivity contribution in [2.75, 3.05) is 14.2 Å². The number of rotatable bonds is 4. The molecule has 0 radical (unpaired) electrons. The minimum Gasteiger partial charge on any atom is -0.467 e. The zero-order chi connectivity index (χ0) is 10.4. The highest BCUT2D eigenvalue weighted by atomic mass is 35.5. The molecule has 0 aromatic heterocycles. The molecule has 0 N–H and O–H groups in total. The van der Waals surface area contributed by atoms with Crippen LogP contribution in [0.25, 0.3) is 0 Å². The van der Waals surface area contributed by atoms with Crippen LogP contribution in [0.1, 0.15) is 0 Å². The highest BCUT2D eigenvalue weighted by molar-refractivity contribution is 8.04. The fraction of sp³-hybridized carbons (Fsp3) is 0.667. The first-order chi connectivity index (χ1) is 6.02. The third kappa shape index (κ3) is 4.59. The zero-order valence-corrected chi connectivity index (χ0v) is 9.28. The molecule has 0 rings (SSSR count). The molecule has 0 aromatic rings. The normalized spacial score (nSPS) is 14.5. The molecular weight excluding hydrogens is 239 g/mol. The number of halogens is 2. The van der Waals surface area contributed by atoms with Crippen molar-refractivity contribution in [3.05, 3.63) is 0 Å². The van der Waals surface area contributed by atoms with Gasteiger partial charge in [-0.2, -0.15) is 0 Å². The fourth-order valence-electron chi connectivity index (χ4n) is 0.401. The number of alkyl halides is 2. The standard InChI is InChI=1S/C6H8Cl2O4S/c1-11-5(9)3(7)13-4(8)6(10)12-2/h3-4H,1-2H3. The van der Waals surface area contributed by atoms with Gasteiger partial charge in [-0.15, -0.1) is 0 Å². The van der Waals surface area contributed by atoms with E-state index in [1.807, 2.05) is 0 Å². The van der Waals surface area contributed by atoms with Crippen LogP contribution in [-0.4, -0.2) is 35.6 Å². The molecule has 0 saturated carbocycles. The quantitative estimate of drug-likeness (QED) is 0.551. The van der Waals surface area contributed by atoms with Gasteiger partial charge in [0.1, 0.15) is 0 Å². The van der Waals surface area contributed by atoms with Crippen LogP contribution in [0, 0.1) is 0 Å². The van der Waals surface area contributed by atoms with Crippen LogP contribution in [-0.2, 0) is 19.1 Å². The van der Waals surface area contributed by atoms with E-state index in [1.54, 1.807) is 0 Å². The van der Waals surface area contributed by atoms with Crippen LogP contribution >= 0.6 is 35.0 Å². The van der Waals surface area contributed by atoms with E-state index in [4.69, 9.17) is 23.2 Å². The number of carbonyl (C=O) groups excluding carboxylic acids is 2. The third-order valence-electron chi connectivity index (χ3n) is 1.01. The van der Waals surface area contributed by atoms with Crippen molar-refractivity contribution in [2.45, 2.75) is 9.42 Å². The maximum Gasteiger partial charge on any atom is 0.334 e. The molecular formula is C6H8Cl2O4S. The van der Waals surface area contributed by atoms with Gasteiger partial charge in [0.15, 0.2) is 9.42 Å². The minimum absolute atomic E-state index is 0.652. The first-order valence-corrected chi connectivity index (χ1v) is 4.93. The van der Waals surface area contributed by atoms with E-state index < -0.39 is 21.4 Å². The maximum atomic E-state index is 10.8. The third-order valence-corrected chi connectivity index (χ3v) is 2.85. The highest BCUT2D eigenvalue weighted by Gasteiger charge is 2.25. The molecule has 76 valence electrons. The molecule has 0 spiro atoms. The Labute approximate surface area is 89.8 Å². The Morgan fingerprint density at radius 3 is 1.62 bits per heavy atom. The lowest BCUT2D eigenvalue weighted by Crippen LogP contribution is -2.20. The van der Waals surface area contributed by atoms with Gasteiger partial charge in [-0.05, 0) is 0 Å². The van der Waals surface area contributed by atoms with Gasteiger partial charge in [-0.3, -0.25) is 0 Å². The number of hydrogen-bond acceptors (Lipinski definition) is 5. The van der Waals surface area contributed by atoms with E-state index in [9.17, 15) is 9.59 Å². The summed E-state index contributed by atoms with van der Waals surface area (Å²) in [5, 5.41) is 0. The molecule has 0 heterocycles. The van der Waals surface area contributed by atoms with Crippen molar-refractivity contribution in [2.24, 2.45) is 0 Å². The summed E-state index contributed by atoms with van der Waals surface area (Å²) >= 11 is 11.8. The summed E-state index contributed by atoms with van der Waals surface area (Å²) in [4.78, 5) is 21.5. The molecule has 0 fully saturated rings. The summed E-state index contributed by atoms with van der Waals surface area (Å²) in [5.74, 6) is -1.30. The zero-order valence-electron chi connectivity index (χ0n) is 6.95. The Morgan fingerprint density at radius 1 is 1.08 bits per heavy atom. The Morgan fingerprint density at radius 2 is 1.38 bits per heavy atom. The van der Waals surface area contributed by atoms with Gasteiger partial charge in [0.05, 0.1) is 14.2 Å². The smallest absolute Gasteiger partial charge is 0.334 e. The van der Waals surface area contributed by atoms with E-state index in [0.29, 0.717) is 0 Å². The molecule has 0 aliphatic carbocycles. The van der Waals surface area contributed by atoms with Crippen LogP contribution in [0.15, 0.2) is 0 Å². The predicted molar refractivity (Wildman–Crippen MR) is 50.9 cm³/mol. The molecule has 2 atom stereocenters. The Hall–Kier alpha value is -0.130. The van der Waals surface area contributed by atoms with Gasteiger partial charge in [-0.25, -0.2) is 9.59 Å². The van der Waals surface area contributed by atoms with Gasteiger partial charge in [0.25, 0.3) is 0 Å². The predicted octanol–water partition coefficient (Wildman–Crippen LogP) is 1.20. The lowest BCUT2D eigenvalue weighted by atomic mass is 10.8. The van der Waals surface area contributed by atoms with Gasteiger partial charge < -0.3 is 9.47 Å². The second kappa shape index (κ2) is 6.34. The summed E-state index contributed by atoms with van der Waals surface area (Å²) in [7, 11) is 2.39. The van der Waals surface area contributed by atoms with E-state index in [1.165, 1.54) is 14.2 Å². The van der Waals surface area contributed by atoms with Crippen LogP contribution in [0.4, 0.5) is 0 Å². The minimum atomic E-state index is -1.01. The van der Waals surface area contributed by atoms with E-state index >= 15 is 0 Å². The number of hydrogen-bond donors (Lipinski definition) is 0. The number of thioether (sulfide) groups is 1. The lowest BCUT2D eigenvalue weighted by molar-refractivity contribution is -0.138. The average Bonchev–Trinajstić information content (AvgIpc) is 2.14. The first kappa shape index (κ1) is 12.9. The van der Waals surface area contributed by atoms with Crippen molar-refractivity contribution < 1.29 is 19.1 Å². The molecule has 0 aromatic carbocycles. The van der Waals surface area contributed by atoms with Crippen LogP contribution in [0.2, 0.25) is 0 Å². The number of ether oxygens (including phenoxy) is 2. The molecule has 7 heteroatoms. The average molecular weight is 247 g/mol. The summed E-state index contributed by atoms with van der Waals surface area (Å²) in [6.45, 7) is 0. The van der Waals surface area contributed by atoms with E-state index in [2.05, 4.69) is 9.47 Å². The second-order valence-electron chi connectivity index (χ2n) is 1.81. The molecule has 0 bridgehead atoms. The van der Waals surface area contributed by atoms with Crippen molar-refractivity contribution in [1.29, 1.82) is 0 Å². The van der Waals surface area contributed by atoms with Gasteiger partial charge in [0, 0.05) is 0 Å². The van der Waals surface area contributed by atoms with Crippen molar-refractivity contribution in [3.8, 4) is 0 Å². The van der Waals surface area contributed by atoms with Crippen molar-refractivity contribution in [3.63, 3.8) is 0 Å². The topological polar surface area (TPSA) is 52.6 Å². The number of methoxy groups -OCH3 is 2. The largest absolute Gasteiger partial charge is 0.467 e. The Bertz CT molecular complexity index is 179. The highest BCUT2D eigenvalue weighted by Crippen LogP contribution is 2.25. The van der Waals surface area contributed by atoms with Gasteiger partial charge >= 0.3 is 11.9 Å². The van der Waals surface area contributed by atoms with E-state index in [0.717, 1.165) is 11.8 Å². The monoisotopic (exact) mass is 246 g/mol. The first-order valence-electron chi connectivity index (χ1n) is 3.12.